The van der Waals surface area contributed by atoms with Crippen molar-refractivity contribution in [2.45, 2.75) is 65.5 Å². The minimum atomic E-state index is -0.0156. The molecular formula is C33H43N3O2. The lowest BCUT2D eigenvalue weighted by Gasteiger charge is -2.47. The molecule has 202 valence electrons. The van der Waals surface area contributed by atoms with Crippen LogP contribution in [0.3, 0.4) is 0 Å². The van der Waals surface area contributed by atoms with Gasteiger partial charge in [-0.3, -0.25) is 0 Å². The lowest BCUT2D eigenvalue weighted by Crippen LogP contribution is -2.53. The number of phenols is 1. The van der Waals surface area contributed by atoms with Gasteiger partial charge in [-0.05, 0) is 66.7 Å². The summed E-state index contributed by atoms with van der Waals surface area (Å²) in [6, 6.07) is 15.7. The van der Waals surface area contributed by atoms with E-state index < -0.39 is 0 Å². The number of allylic oxidation sites excluding steroid dienone is 4. The summed E-state index contributed by atoms with van der Waals surface area (Å²) < 4.78 is 0. The Hall–Kier alpha value is -3.31. The van der Waals surface area contributed by atoms with Crippen LogP contribution >= 0.6 is 0 Å². The van der Waals surface area contributed by atoms with Crippen molar-refractivity contribution in [1.82, 2.24) is 10.2 Å². The van der Waals surface area contributed by atoms with Crippen molar-refractivity contribution in [1.29, 1.82) is 0 Å². The molecule has 1 heterocycles. The third-order valence-corrected chi connectivity index (χ3v) is 8.35. The second-order valence-corrected chi connectivity index (χ2v) is 10.8. The van der Waals surface area contributed by atoms with Gasteiger partial charge in [-0.25, -0.2) is 4.79 Å². The fraction of sp³-hybridized carbons (Fsp3) is 0.424. The topological polar surface area (TPSA) is 64.6 Å². The number of carbonyl (C=O) groups excluding carboxylic acids is 1. The van der Waals surface area contributed by atoms with E-state index in [-0.39, 0.29) is 17.5 Å². The largest absolute Gasteiger partial charge is 0.508 e. The van der Waals surface area contributed by atoms with Crippen molar-refractivity contribution in [3.05, 3.63) is 95.6 Å². The van der Waals surface area contributed by atoms with Crippen molar-refractivity contribution < 1.29 is 9.90 Å². The normalized spacial score (nSPS) is 22.9. The maximum absolute atomic E-state index is 13.2. The summed E-state index contributed by atoms with van der Waals surface area (Å²) >= 11 is 0. The molecule has 1 fully saturated rings. The monoisotopic (exact) mass is 513 g/mol. The molecule has 0 aromatic heterocycles. The second kappa shape index (κ2) is 13.0. The molecule has 2 unspecified atom stereocenters. The maximum atomic E-state index is 13.2. The molecule has 4 rings (SSSR count). The lowest BCUT2D eigenvalue weighted by molar-refractivity contribution is 0.0908. The SMILES string of the molecule is CCc1ccccc1NC(=O)N1CCC(CC)(C(NCc2ccccc2O)C2=C/C(C)C/C=C/C=C\2)CC1. The van der Waals surface area contributed by atoms with Crippen molar-refractivity contribution in [3.8, 4) is 5.75 Å². The summed E-state index contributed by atoms with van der Waals surface area (Å²) in [7, 11) is 0. The minimum Gasteiger partial charge on any atom is -0.508 e. The summed E-state index contributed by atoms with van der Waals surface area (Å²) in [5.74, 6) is 0.765. The molecule has 2 aromatic rings. The van der Waals surface area contributed by atoms with E-state index in [2.05, 4.69) is 67.9 Å². The van der Waals surface area contributed by atoms with Gasteiger partial charge in [-0.1, -0.05) is 87.5 Å². The van der Waals surface area contributed by atoms with Crippen LogP contribution < -0.4 is 10.6 Å². The Bertz CT molecular complexity index is 1170. The van der Waals surface area contributed by atoms with Gasteiger partial charge < -0.3 is 20.6 Å². The highest BCUT2D eigenvalue weighted by Gasteiger charge is 2.42. The first-order valence-corrected chi connectivity index (χ1v) is 14.1. The highest BCUT2D eigenvalue weighted by molar-refractivity contribution is 5.90. The van der Waals surface area contributed by atoms with Crippen molar-refractivity contribution in [2.75, 3.05) is 18.4 Å². The zero-order valence-corrected chi connectivity index (χ0v) is 23.1. The Kier molecular flexibility index (Phi) is 9.46. The van der Waals surface area contributed by atoms with E-state index in [9.17, 15) is 9.90 Å². The van der Waals surface area contributed by atoms with E-state index in [1.807, 2.05) is 41.3 Å². The number of amides is 2. The molecule has 0 saturated carbocycles. The molecule has 0 radical (unpaired) electrons. The average Bonchev–Trinajstić information content (AvgIpc) is 2.92. The molecule has 2 atom stereocenters. The number of likely N-dealkylation sites (tertiary alicyclic amines) is 1. The molecule has 5 heteroatoms. The quantitative estimate of drug-likeness (QED) is 0.349. The van der Waals surface area contributed by atoms with E-state index in [4.69, 9.17) is 0 Å². The molecule has 1 aliphatic carbocycles. The van der Waals surface area contributed by atoms with Gasteiger partial charge in [0.15, 0.2) is 0 Å². The number of piperidine rings is 1. The number of hydrogen-bond donors (Lipinski definition) is 3. The molecule has 38 heavy (non-hydrogen) atoms. The van der Waals surface area contributed by atoms with Gasteiger partial charge in [0.1, 0.15) is 5.75 Å². The van der Waals surface area contributed by atoms with Crippen LogP contribution in [0.25, 0.3) is 0 Å². The van der Waals surface area contributed by atoms with Crippen LogP contribution in [0.5, 0.6) is 5.75 Å². The van der Waals surface area contributed by atoms with Gasteiger partial charge in [0.05, 0.1) is 0 Å². The fourth-order valence-corrected chi connectivity index (χ4v) is 5.89. The molecule has 5 nitrogen and oxygen atoms in total. The van der Waals surface area contributed by atoms with Gasteiger partial charge in [0.2, 0.25) is 0 Å². The van der Waals surface area contributed by atoms with E-state index >= 15 is 0 Å². The number of aryl methyl sites for hydroxylation is 1. The summed E-state index contributed by atoms with van der Waals surface area (Å²) in [5.41, 5.74) is 4.26. The molecular weight excluding hydrogens is 470 g/mol. The number of aromatic hydroxyl groups is 1. The Balaban J connectivity index is 1.54. The van der Waals surface area contributed by atoms with Crippen LogP contribution in [0, 0.1) is 11.3 Å². The van der Waals surface area contributed by atoms with Crippen molar-refractivity contribution >= 4 is 11.7 Å². The molecule has 0 spiro atoms. The molecule has 2 aliphatic rings. The van der Waals surface area contributed by atoms with E-state index in [1.165, 1.54) is 5.57 Å². The van der Waals surface area contributed by atoms with E-state index in [0.717, 1.165) is 62.0 Å². The Morgan fingerprint density at radius 1 is 1.05 bits per heavy atom. The van der Waals surface area contributed by atoms with E-state index in [0.29, 0.717) is 18.2 Å². The first-order chi connectivity index (χ1) is 18.5. The number of nitrogens with one attached hydrogen (secondary N) is 2. The number of para-hydroxylation sites is 2. The number of rotatable bonds is 8. The highest BCUT2D eigenvalue weighted by atomic mass is 16.3. The Morgan fingerprint density at radius 2 is 1.76 bits per heavy atom. The van der Waals surface area contributed by atoms with Gasteiger partial charge in [0, 0.05) is 36.9 Å². The zero-order chi connectivity index (χ0) is 27.0. The van der Waals surface area contributed by atoms with Crippen LogP contribution in [-0.2, 0) is 13.0 Å². The van der Waals surface area contributed by atoms with Gasteiger partial charge >= 0.3 is 6.03 Å². The summed E-state index contributed by atoms with van der Waals surface area (Å²) in [4.78, 5) is 15.2. The first kappa shape index (κ1) is 27.7. The standard InChI is InChI=1S/C33H43N3O2/c1-4-26-14-9-11-17-29(26)35-32(38)36-21-19-33(5-2,20-22-36)31(27-15-8-6-7-13-25(3)23-27)34-24-28-16-10-12-18-30(28)37/h6-12,14-18,23,25,31,34,37H,4-5,13,19-22,24H2,1-3H3,(H,35,38)/b7-6+,15-8-,27-23+. The lowest BCUT2D eigenvalue weighted by atomic mass is 9.67. The van der Waals surface area contributed by atoms with Crippen LogP contribution in [0.15, 0.2) is 84.5 Å². The van der Waals surface area contributed by atoms with Crippen LogP contribution in [-0.4, -0.2) is 35.2 Å². The zero-order valence-electron chi connectivity index (χ0n) is 23.1. The van der Waals surface area contributed by atoms with Gasteiger partial charge in [-0.15, -0.1) is 0 Å². The molecule has 0 bridgehead atoms. The maximum Gasteiger partial charge on any atom is 0.321 e. The number of carbonyl (C=O) groups is 1. The average molecular weight is 514 g/mol. The number of benzene rings is 2. The predicted molar refractivity (Wildman–Crippen MR) is 157 cm³/mol. The van der Waals surface area contributed by atoms with Crippen LogP contribution in [0.4, 0.5) is 10.5 Å². The number of phenolic OH excluding ortho intramolecular Hbond substituents is 1. The Labute approximate surface area is 228 Å². The Morgan fingerprint density at radius 3 is 2.47 bits per heavy atom. The van der Waals surface area contributed by atoms with Gasteiger partial charge in [-0.2, -0.15) is 0 Å². The first-order valence-electron chi connectivity index (χ1n) is 14.1. The number of urea groups is 1. The molecule has 1 aliphatic heterocycles. The fourth-order valence-electron chi connectivity index (χ4n) is 5.89. The third kappa shape index (κ3) is 6.57. The minimum absolute atomic E-state index is 0.00130. The van der Waals surface area contributed by atoms with Crippen LogP contribution in [0.2, 0.25) is 0 Å². The van der Waals surface area contributed by atoms with Crippen molar-refractivity contribution in [3.63, 3.8) is 0 Å². The van der Waals surface area contributed by atoms with Crippen molar-refractivity contribution in [2.24, 2.45) is 11.3 Å². The smallest absolute Gasteiger partial charge is 0.321 e. The second-order valence-electron chi connectivity index (χ2n) is 10.8. The summed E-state index contributed by atoms with van der Waals surface area (Å²) in [5, 5.41) is 17.4. The summed E-state index contributed by atoms with van der Waals surface area (Å²) in [6.07, 6.45) is 15.9. The summed E-state index contributed by atoms with van der Waals surface area (Å²) in [6.45, 7) is 8.68. The highest BCUT2D eigenvalue weighted by Crippen LogP contribution is 2.42. The number of anilines is 1. The molecule has 2 amide bonds. The molecule has 1 saturated heterocycles. The number of hydrogen-bond acceptors (Lipinski definition) is 3. The third-order valence-electron chi connectivity index (χ3n) is 8.35. The van der Waals surface area contributed by atoms with E-state index in [1.54, 1.807) is 6.07 Å². The molecule has 3 N–H and O–H groups in total. The molecule has 2 aromatic carbocycles. The van der Waals surface area contributed by atoms with Gasteiger partial charge in [0.25, 0.3) is 0 Å². The number of nitrogens with zero attached hydrogens (tertiary/aromatic N) is 1. The predicted octanol–water partition coefficient (Wildman–Crippen LogP) is 7.22. The van der Waals surface area contributed by atoms with Crippen LogP contribution in [0.1, 0.15) is 57.6 Å².